The molecule has 320 valence electrons. The van der Waals surface area contributed by atoms with E-state index in [0.717, 1.165) is 48.0 Å². The first kappa shape index (κ1) is 53.7. The van der Waals surface area contributed by atoms with Gasteiger partial charge < -0.3 is 115 Å². The number of thiazole rings is 2. The number of fused-ring (bicyclic) bond motifs is 2. The van der Waals surface area contributed by atoms with Crippen molar-refractivity contribution in [1.82, 2.24) is 0 Å². The van der Waals surface area contributed by atoms with Crippen LogP contribution in [0.3, 0.4) is 0 Å². The molecule has 0 spiro atoms. The van der Waals surface area contributed by atoms with Crippen LogP contribution < -0.4 is 115 Å². The SMILES string of the molecule is CN(C)c1ccc(/C=C/c2sc3ccccc3[n+]2CCC[N+](C)(C)CCC[N+](C)(C)CCC[n+]2c(/C=C/c3ccc(N(C)C)cc3)sc3ccccc32)cc1.[I-].[I-].[I-].[I-]. The molecule has 0 bridgehead atoms. The molecule has 2 aromatic heterocycles. The lowest BCUT2D eigenvalue weighted by molar-refractivity contribution is -0.911. The molecule has 0 saturated carbocycles. The fourth-order valence-corrected chi connectivity index (χ4v) is 9.56. The Morgan fingerprint density at radius 1 is 0.458 bits per heavy atom. The number of hydrogen-bond donors (Lipinski definition) is 0. The van der Waals surface area contributed by atoms with Crippen LogP contribution in [0.25, 0.3) is 44.7 Å². The van der Waals surface area contributed by atoms with Gasteiger partial charge in [-0.25, -0.2) is 0 Å². The zero-order valence-electron chi connectivity index (χ0n) is 35.9. The van der Waals surface area contributed by atoms with E-state index in [1.807, 2.05) is 22.7 Å². The van der Waals surface area contributed by atoms with Crippen molar-refractivity contribution in [2.45, 2.75) is 32.4 Å². The van der Waals surface area contributed by atoms with Gasteiger partial charge in [0, 0.05) is 70.3 Å². The fourth-order valence-electron chi connectivity index (χ4n) is 7.38. The summed E-state index contributed by atoms with van der Waals surface area (Å²) in [6.45, 7) is 6.78. The average Bonchev–Trinajstić information content (AvgIpc) is 3.70. The second-order valence-electron chi connectivity index (χ2n) is 16.6. The van der Waals surface area contributed by atoms with E-state index in [9.17, 15) is 0 Å². The van der Waals surface area contributed by atoms with Gasteiger partial charge in [0.05, 0.1) is 67.2 Å². The lowest BCUT2D eigenvalue weighted by Crippen LogP contribution is -3.00. The second-order valence-corrected chi connectivity index (χ2v) is 18.7. The van der Waals surface area contributed by atoms with E-state index in [1.165, 1.54) is 72.5 Å². The Kier molecular flexibility index (Phi) is 22.8. The third kappa shape index (κ3) is 15.4. The molecule has 0 aliphatic carbocycles. The van der Waals surface area contributed by atoms with Crippen LogP contribution in [0.1, 0.15) is 40.4 Å². The van der Waals surface area contributed by atoms with Crippen molar-refractivity contribution < 1.29 is 114 Å². The minimum atomic E-state index is 0. The van der Waals surface area contributed by atoms with Crippen molar-refractivity contribution in [3.8, 4) is 0 Å². The lowest BCUT2D eigenvalue weighted by Gasteiger charge is -2.33. The molecule has 4 aromatic carbocycles. The Labute approximate surface area is 430 Å². The van der Waals surface area contributed by atoms with Crippen molar-refractivity contribution in [2.75, 3.05) is 92.4 Å². The number of quaternary nitrogens is 2. The minimum Gasteiger partial charge on any atom is -1.00 e. The number of halogens is 4. The van der Waals surface area contributed by atoms with E-state index < -0.39 is 0 Å². The molecular weight excluding hydrogens is 1220 g/mol. The Morgan fingerprint density at radius 2 is 0.797 bits per heavy atom. The lowest BCUT2D eigenvalue weighted by atomic mass is 10.2. The molecule has 12 heteroatoms. The summed E-state index contributed by atoms with van der Waals surface area (Å²) in [7, 11) is 18.0. The van der Waals surface area contributed by atoms with Crippen molar-refractivity contribution in [2.24, 2.45) is 0 Å². The van der Waals surface area contributed by atoms with E-state index in [2.05, 4.69) is 197 Å². The van der Waals surface area contributed by atoms with Gasteiger partial charge in [0.15, 0.2) is 13.1 Å². The zero-order chi connectivity index (χ0) is 39.0. The third-order valence-electron chi connectivity index (χ3n) is 10.7. The second kappa shape index (κ2) is 25.0. The number of para-hydroxylation sites is 2. The van der Waals surface area contributed by atoms with E-state index in [1.54, 1.807) is 0 Å². The number of rotatable bonds is 18. The first-order valence-corrected chi connectivity index (χ1v) is 21.4. The predicted molar refractivity (Wildman–Crippen MR) is 241 cm³/mol. The van der Waals surface area contributed by atoms with Crippen LogP contribution in [0.4, 0.5) is 11.4 Å². The van der Waals surface area contributed by atoms with Crippen LogP contribution in [0.2, 0.25) is 0 Å². The number of aryl methyl sites for hydroxylation is 2. The van der Waals surface area contributed by atoms with Crippen LogP contribution in [0.15, 0.2) is 97.1 Å². The van der Waals surface area contributed by atoms with Crippen molar-refractivity contribution in [3.63, 3.8) is 0 Å². The first-order valence-electron chi connectivity index (χ1n) is 19.8. The number of hydrogen-bond acceptors (Lipinski definition) is 4. The maximum Gasteiger partial charge on any atom is 0.262 e. The van der Waals surface area contributed by atoms with Crippen molar-refractivity contribution in [1.29, 1.82) is 0 Å². The van der Waals surface area contributed by atoms with Gasteiger partial charge in [-0.2, -0.15) is 9.13 Å². The van der Waals surface area contributed by atoms with Crippen LogP contribution in [-0.2, 0) is 13.1 Å². The Balaban J connectivity index is 0.00000300. The van der Waals surface area contributed by atoms with E-state index in [4.69, 9.17) is 0 Å². The molecule has 0 unspecified atom stereocenters. The smallest absolute Gasteiger partial charge is 0.262 e. The number of anilines is 2. The van der Waals surface area contributed by atoms with Gasteiger partial charge in [0.25, 0.3) is 10.0 Å². The summed E-state index contributed by atoms with van der Waals surface area (Å²) >= 11 is 3.78. The van der Waals surface area contributed by atoms with Gasteiger partial charge in [-0.3, -0.25) is 0 Å². The summed E-state index contributed by atoms with van der Waals surface area (Å²) in [4.78, 5) is 4.28. The van der Waals surface area contributed by atoms with Crippen molar-refractivity contribution >= 4 is 78.8 Å². The van der Waals surface area contributed by atoms with Gasteiger partial charge in [0.1, 0.15) is 9.40 Å². The molecule has 6 rings (SSSR count). The molecule has 6 nitrogen and oxygen atoms in total. The summed E-state index contributed by atoms with van der Waals surface area (Å²) in [5.74, 6) is 0. The standard InChI is InChI=1S/C47H62N6S2.4HI/c1-48(2)40-26-20-38(21-27-40)24-30-46-50(42-16-9-11-18-44(42)54-46)32-13-34-52(5,6)36-15-37-53(7,8)35-14-33-51-43-17-10-12-19-45(43)55-47(51)31-25-39-22-28-41(29-23-39)49(3)4;;;;/h9-12,16-31H,13-15,32-37H2,1-8H3;4*1H/q+4;;;;/p-4. The average molecular weight is 1280 g/mol. The molecule has 0 aliphatic rings. The topological polar surface area (TPSA) is 14.2 Å². The molecule has 0 N–H and O–H groups in total. The maximum atomic E-state index is 2.53. The predicted octanol–water partition coefficient (Wildman–Crippen LogP) is -2.80. The molecular formula is C47H62I4N6S2. The molecule has 0 atom stereocenters. The highest BCUT2D eigenvalue weighted by molar-refractivity contribution is 7.19. The summed E-state index contributed by atoms with van der Waals surface area (Å²) in [6, 6.07) is 35.3. The molecule has 2 heterocycles. The van der Waals surface area contributed by atoms with Gasteiger partial charge in [0.2, 0.25) is 11.0 Å². The highest BCUT2D eigenvalue weighted by Gasteiger charge is 2.24. The van der Waals surface area contributed by atoms with E-state index in [0.29, 0.717) is 0 Å². The molecule has 0 saturated heterocycles. The molecule has 59 heavy (non-hydrogen) atoms. The van der Waals surface area contributed by atoms with Gasteiger partial charge in [-0.1, -0.05) is 71.2 Å². The first-order chi connectivity index (χ1) is 26.4. The monoisotopic (exact) mass is 1280 g/mol. The fraction of sp³-hybridized carbons (Fsp3) is 0.362. The molecule has 0 amide bonds. The summed E-state index contributed by atoms with van der Waals surface area (Å²) in [6.07, 6.45) is 12.6. The van der Waals surface area contributed by atoms with E-state index >= 15 is 0 Å². The molecule has 0 fully saturated rings. The van der Waals surface area contributed by atoms with Crippen LogP contribution in [0.5, 0.6) is 0 Å². The Bertz CT molecular complexity index is 2070. The summed E-state index contributed by atoms with van der Waals surface area (Å²) in [5.41, 5.74) is 7.58. The number of aromatic nitrogens is 2. The van der Waals surface area contributed by atoms with Gasteiger partial charge >= 0.3 is 0 Å². The molecule has 0 radical (unpaired) electrons. The quantitative estimate of drug-likeness (QED) is 0.0526. The maximum absolute atomic E-state index is 2.53. The largest absolute Gasteiger partial charge is 1.00 e. The van der Waals surface area contributed by atoms with Crippen LogP contribution in [0, 0.1) is 0 Å². The van der Waals surface area contributed by atoms with Crippen LogP contribution in [-0.4, -0.2) is 91.5 Å². The number of benzene rings is 4. The molecule has 6 aromatic rings. The van der Waals surface area contributed by atoms with Crippen LogP contribution >= 0.6 is 22.7 Å². The minimum absolute atomic E-state index is 0. The Hall–Kier alpha value is -1.42. The third-order valence-corrected chi connectivity index (χ3v) is 13.0. The number of nitrogens with zero attached hydrogens (tertiary/aromatic N) is 6. The van der Waals surface area contributed by atoms with Gasteiger partial charge in [-0.15, -0.1) is 0 Å². The Morgan fingerprint density at radius 3 is 1.15 bits per heavy atom. The summed E-state index contributed by atoms with van der Waals surface area (Å²) < 4.78 is 9.87. The zero-order valence-corrected chi connectivity index (χ0v) is 46.2. The highest BCUT2D eigenvalue weighted by atomic mass is 127. The summed E-state index contributed by atoms with van der Waals surface area (Å²) in [5, 5.41) is 2.63. The van der Waals surface area contributed by atoms with Crippen molar-refractivity contribution in [3.05, 3.63) is 118 Å². The normalized spacial score (nSPS) is 11.7. The highest BCUT2D eigenvalue weighted by Crippen LogP contribution is 2.25. The van der Waals surface area contributed by atoms with Gasteiger partial charge in [-0.05, 0) is 59.7 Å². The van der Waals surface area contributed by atoms with E-state index in [-0.39, 0.29) is 95.9 Å². The molecule has 0 aliphatic heterocycles.